The van der Waals surface area contributed by atoms with Crippen LogP contribution in [0.4, 0.5) is 30.2 Å². The first kappa shape index (κ1) is 53.9. The number of hydrogen-bond acceptors (Lipinski definition) is 10. The summed E-state index contributed by atoms with van der Waals surface area (Å²) in [7, 11) is 5.08. The number of carbonyl (C=O) groups excluding carboxylic acids is 4. The Morgan fingerprint density at radius 1 is 0.681 bits per heavy atom. The molecule has 4 saturated carbocycles. The third-order valence-corrected chi connectivity index (χ3v) is 14.5. The van der Waals surface area contributed by atoms with Gasteiger partial charge in [0, 0.05) is 93.0 Å². The summed E-state index contributed by atoms with van der Waals surface area (Å²) in [6, 6.07) is 19.8. The molecule has 4 aromatic rings. The van der Waals surface area contributed by atoms with Crippen LogP contribution in [-0.2, 0) is 25.2 Å². The molecule has 72 heavy (non-hydrogen) atoms. The van der Waals surface area contributed by atoms with E-state index in [9.17, 15) is 32.3 Å². The Labute approximate surface area is 421 Å². The van der Waals surface area contributed by atoms with Crippen LogP contribution in [-0.4, -0.2) is 138 Å². The first-order valence-corrected chi connectivity index (χ1v) is 25.2. The number of alkyl halides is 3. The maximum absolute atomic E-state index is 13.8. The highest BCUT2D eigenvalue weighted by Gasteiger charge is 2.54. The van der Waals surface area contributed by atoms with Gasteiger partial charge in [-0.2, -0.15) is 13.2 Å². The average molecular weight is 998 g/mol. The Morgan fingerprint density at radius 3 is 1.96 bits per heavy atom. The largest absolute Gasteiger partial charge is 0.416 e. The van der Waals surface area contributed by atoms with E-state index >= 15 is 0 Å². The molecule has 2 N–H and O–H groups in total. The monoisotopic (exact) mass is 998 g/mol. The molecule has 4 bridgehead atoms. The number of halogens is 3. The van der Waals surface area contributed by atoms with Crippen LogP contribution in [0.15, 0.2) is 85.1 Å². The van der Waals surface area contributed by atoms with Crippen molar-refractivity contribution in [2.24, 2.45) is 23.2 Å². The molecule has 8 rings (SSSR count). The number of hydrogen-bond donors (Lipinski definition) is 2. The van der Waals surface area contributed by atoms with Crippen LogP contribution in [0.5, 0.6) is 0 Å². The maximum Gasteiger partial charge on any atom is 0.416 e. The van der Waals surface area contributed by atoms with E-state index in [0.29, 0.717) is 88.3 Å². The fraction of sp³-hybridized carbons (Fsp3) is 0.509. The van der Waals surface area contributed by atoms with E-state index in [-0.39, 0.29) is 34.0 Å². The molecule has 0 saturated heterocycles. The van der Waals surface area contributed by atoms with Crippen LogP contribution in [0.2, 0.25) is 0 Å². The van der Waals surface area contributed by atoms with Gasteiger partial charge in [-0.05, 0) is 144 Å². The fourth-order valence-electron chi connectivity index (χ4n) is 10.8. The van der Waals surface area contributed by atoms with E-state index in [1.54, 1.807) is 54.4 Å². The van der Waals surface area contributed by atoms with E-state index in [1.807, 2.05) is 33.0 Å². The van der Waals surface area contributed by atoms with Crippen molar-refractivity contribution >= 4 is 40.7 Å². The highest BCUT2D eigenvalue weighted by Crippen LogP contribution is 2.60. The molecular formula is C55H70F3N7O7. The van der Waals surface area contributed by atoms with Gasteiger partial charge < -0.3 is 44.4 Å². The first-order chi connectivity index (χ1) is 34.6. The lowest BCUT2D eigenvalue weighted by atomic mass is 9.49. The molecular weight excluding hydrogens is 928 g/mol. The molecule has 4 amide bonds. The summed E-state index contributed by atoms with van der Waals surface area (Å²) in [5.41, 5.74) is 2.24. The van der Waals surface area contributed by atoms with Crippen LogP contribution >= 0.6 is 0 Å². The first-order valence-electron chi connectivity index (χ1n) is 25.2. The number of nitrogens with one attached hydrogen (secondary N) is 2. The fourth-order valence-corrected chi connectivity index (χ4v) is 10.8. The van der Waals surface area contributed by atoms with Gasteiger partial charge in [0.05, 0.1) is 62.1 Å². The van der Waals surface area contributed by atoms with Crippen LogP contribution in [0.1, 0.15) is 89.0 Å². The van der Waals surface area contributed by atoms with Crippen molar-refractivity contribution in [3.63, 3.8) is 0 Å². The minimum absolute atomic E-state index is 0.0799. The van der Waals surface area contributed by atoms with Gasteiger partial charge in [-0.3, -0.25) is 24.2 Å². The Morgan fingerprint density at radius 2 is 1.32 bits per heavy atom. The number of aromatic nitrogens is 1. The van der Waals surface area contributed by atoms with E-state index in [2.05, 4.69) is 25.4 Å². The Balaban J connectivity index is 0.826. The van der Waals surface area contributed by atoms with Crippen molar-refractivity contribution in [1.82, 2.24) is 20.1 Å². The number of ether oxygens (including phenoxy) is 3. The Kier molecular flexibility index (Phi) is 18.5. The summed E-state index contributed by atoms with van der Waals surface area (Å²) in [5.74, 6) is 1.24. The molecule has 3 aromatic carbocycles. The predicted octanol–water partition coefficient (Wildman–Crippen LogP) is 8.53. The minimum atomic E-state index is -4.56. The summed E-state index contributed by atoms with van der Waals surface area (Å²) in [6.07, 6.45) is 3.95. The van der Waals surface area contributed by atoms with Gasteiger partial charge in [0.2, 0.25) is 5.91 Å². The van der Waals surface area contributed by atoms with Crippen LogP contribution in [0, 0.1) is 23.2 Å². The average Bonchev–Trinajstić information content (AvgIpc) is 3.37. The summed E-state index contributed by atoms with van der Waals surface area (Å²) >= 11 is 0. The summed E-state index contributed by atoms with van der Waals surface area (Å²) in [4.78, 5) is 65.4. The van der Waals surface area contributed by atoms with E-state index in [4.69, 9.17) is 14.2 Å². The highest BCUT2D eigenvalue weighted by atomic mass is 19.4. The van der Waals surface area contributed by atoms with Gasteiger partial charge in [0.25, 0.3) is 17.7 Å². The standard InChI is InChI=1S/C55H70F3N7O7/c1-6-65(7-2)46-15-17-49(47(33-46)48-16-14-43(37-60-48)52(68)64(5)45-13-9-12-44(32-45)55(56,57)58)61-50(66)41-10-8-11-42(31-41)51(67)63(4)20-19-62(3)21-23-71-25-27-72-26-24-70-22-18-59-53(69)54-34-38-28-39(35-54)30-40(29-38)36-54/h8-17,31-33,37-40H,6-7,18-30,34-36H2,1-5H3,(H,59,69)(H,61,66). The lowest BCUT2D eigenvalue weighted by Crippen LogP contribution is -2.53. The second-order valence-corrected chi connectivity index (χ2v) is 19.6. The quantitative estimate of drug-likeness (QED) is 0.0620. The number of rotatable bonds is 25. The minimum Gasteiger partial charge on any atom is -0.378 e. The smallest absolute Gasteiger partial charge is 0.378 e. The molecule has 388 valence electrons. The van der Waals surface area contributed by atoms with Crippen LogP contribution in [0.3, 0.4) is 0 Å². The molecule has 17 heteroatoms. The second-order valence-electron chi connectivity index (χ2n) is 19.6. The van der Waals surface area contributed by atoms with Gasteiger partial charge in [0.15, 0.2) is 0 Å². The summed E-state index contributed by atoms with van der Waals surface area (Å²) < 4.78 is 57.3. The molecule has 0 radical (unpaired) electrons. The van der Waals surface area contributed by atoms with Crippen molar-refractivity contribution in [3.05, 3.63) is 107 Å². The lowest BCUT2D eigenvalue weighted by Gasteiger charge is -2.55. The third-order valence-electron chi connectivity index (χ3n) is 14.5. The zero-order valence-electron chi connectivity index (χ0n) is 42.3. The summed E-state index contributed by atoms with van der Waals surface area (Å²) in [6.45, 7) is 10.5. The van der Waals surface area contributed by atoms with Gasteiger partial charge in [0.1, 0.15) is 0 Å². The van der Waals surface area contributed by atoms with Crippen LogP contribution in [0.25, 0.3) is 11.3 Å². The molecule has 4 aliphatic rings. The Bertz CT molecular complexity index is 2450. The molecule has 4 fully saturated rings. The van der Waals surface area contributed by atoms with E-state index in [1.165, 1.54) is 44.6 Å². The van der Waals surface area contributed by atoms with Crippen LogP contribution < -0.4 is 20.4 Å². The lowest BCUT2D eigenvalue weighted by molar-refractivity contribution is -0.146. The van der Waals surface area contributed by atoms with Crippen molar-refractivity contribution in [2.45, 2.75) is 58.5 Å². The number of benzene rings is 3. The molecule has 0 spiro atoms. The third kappa shape index (κ3) is 13.8. The number of carbonyl (C=O) groups is 4. The van der Waals surface area contributed by atoms with E-state index in [0.717, 1.165) is 72.8 Å². The zero-order valence-corrected chi connectivity index (χ0v) is 42.3. The van der Waals surface area contributed by atoms with Crippen molar-refractivity contribution in [2.75, 3.05) is 115 Å². The van der Waals surface area contributed by atoms with Gasteiger partial charge in [-0.25, -0.2) is 0 Å². The predicted molar refractivity (Wildman–Crippen MR) is 272 cm³/mol. The number of anilines is 3. The second kappa shape index (κ2) is 24.7. The normalized spacial score (nSPS) is 19.0. The maximum atomic E-state index is 13.8. The van der Waals surface area contributed by atoms with Crippen molar-refractivity contribution < 1.29 is 46.6 Å². The molecule has 14 nitrogen and oxygen atoms in total. The van der Waals surface area contributed by atoms with E-state index < -0.39 is 23.6 Å². The number of pyridine rings is 1. The van der Waals surface area contributed by atoms with Crippen molar-refractivity contribution in [3.8, 4) is 11.3 Å². The molecule has 1 heterocycles. The highest BCUT2D eigenvalue weighted by molar-refractivity contribution is 6.08. The topological polar surface area (TPSA) is 146 Å². The number of nitrogens with zero attached hydrogens (tertiary/aromatic N) is 5. The molecule has 0 atom stereocenters. The number of likely N-dealkylation sites (N-methyl/N-ethyl adjacent to an activating group) is 2. The Hall–Kier alpha value is -5.88. The molecule has 1 aromatic heterocycles. The van der Waals surface area contributed by atoms with Gasteiger partial charge in [-0.15, -0.1) is 0 Å². The SMILES string of the molecule is CCN(CC)c1ccc(NC(=O)c2cccc(C(=O)N(C)CCN(C)CCOCCOCCOCCNC(=O)C34CC5CC(CC(C5)C3)C4)c2)c(-c2ccc(C(=O)N(C)c3cccc(C(F)(F)F)c3)cn2)c1. The zero-order chi connectivity index (χ0) is 51.4. The molecule has 4 aliphatic carbocycles. The molecule has 0 aliphatic heterocycles. The molecule has 0 unspecified atom stereocenters. The van der Waals surface area contributed by atoms with Gasteiger partial charge >= 0.3 is 6.18 Å². The van der Waals surface area contributed by atoms with Gasteiger partial charge in [-0.1, -0.05) is 12.1 Å². The summed E-state index contributed by atoms with van der Waals surface area (Å²) in [5, 5.41) is 6.14. The number of amides is 4. The van der Waals surface area contributed by atoms with Crippen molar-refractivity contribution in [1.29, 1.82) is 0 Å².